The van der Waals surface area contributed by atoms with Crippen LogP contribution in [0.3, 0.4) is 0 Å². The molecule has 2 rings (SSSR count). The second-order valence-electron chi connectivity index (χ2n) is 4.52. The maximum Gasteiger partial charge on any atom is 0.344 e. The van der Waals surface area contributed by atoms with Gasteiger partial charge >= 0.3 is 11.6 Å². The third kappa shape index (κ3) is 2.49. The highest BCUT2D eigenvalue weighted by Gasteiger charge is 2.17. The summed E-state index contributed by atoms with van der Waals surface area (Å²) in [4.78, 5) is 22.4. The average molecular weight is 297 g/mol. The Bertz CT molecular complexity index is 747. The van der Waals surface area contributed by atoms with Gasteiger partial charge in [-0.2, -0.15) is 0 Å². The Kier molecular flexibility index (Phi) is 3.72. The second kappa shape index (κ2) is 5.17. The molecule has 0 saturated carbocycles. The minimum absolute atomic E-state index is 0.167. The fraction of sp³-hybridized carbons (Fsp3) is 0.286. The van der Waals surface area contributed by atoms with Crippen LogP contribution in [0.5, 0.6) is 5.75 Å². The molecule has 6 heteroatoms. The second-order valence-corrected chi connectivity index (χ2v) is 4.92. The lowest BCUT2D eigenvalue weighted by Crippen LogP contribution is -2.23. The SMILES string of the molecule is Cc1c(C)c2cc(Cl)c(O[C@@H](C)C(=O)O)cc2oc1=O. The minimum atomic E-state index is -1.11. The Morgan fingerprint density at radius 3 is 2.60 bits per heavy atom. The van der Waals surface area contributed by atoms with Crippen molar-refractivity contribution in [3.8, 4) is 5.75 Å². The van der Waals surface area contributed by atoms with E-state index in [2.05, 4.69) is 0 Å². The summed E-state index contributed by atoms with van der Waals surface area (Å²) in [6, 6.07) is 3.04. The molecule has 5 nitrogen and oxygen atoms in total. The molecular formula is C14H13ClO5. The van der Waals surface area contributed by atoms with Crippen molar-refractivity contribution < 1.29 is 19.1 Å². The number of fused-ring (bicyclic) bond motifs is 1. The lowest BCUT2D eigenvalue weighted by molar-refractivity contribution is -0.144. The molecule has 0 aliphatic carbocycles. The highest BCUT2D eigenvalue weighted by Crippen LogP contribution is 2.32. The van der Waals surface area contributed by atoms with E-state index in [0.29, 0.717) is 16.5 Å². The molecule has 1 heterocycles. The molecule has 0 spiro atoms. The number of hydrogen-bond acceptors (Lipinski definition) is 4. The average Bonchev–Trinajstić information content (AvgIpc) is 2.38. The van der Waals surface area contributed by atoms with Crippen LogP contribution in [0, 0.1) is 13.8 Å². The van der Waals surface area contributed by atoms with E-state index in [1.807, 2.05) is 0 Å². The summed E-state index contributed by atoms with van der Waals surface area (Å²) in [5, 5.41) is 9.79. The van der Waals surface area contributed by atoms with Gasteiger partial charge in [-0.25, -0.2) is 9.59 Å². The van der Waals surface area contributed by atoms with E-state index >= 15 is 0 Å². The first-order chi connectivity index (χ1) is 9.31. The number of carbonyl (C=O) groups is 1. The van der Waals surface area contributed by atoms with Crippen molar-refractivity contribution in [1.29, 1.82) is 0 Å². The third-order valence-corrected chi connectivity index (χ3v) is 3.46. The Morgan fingerprint density at radius 1 is 1.35 bits per heavy atom. The summed E-state index contributed by atoms with van der Waals surface area (Å²) in [5.41, 5.74) is 1.17. The largest absolute Gasteiger partial charge is 0.479 e. The van der Waals surface area contributed by atoms with E-state index in [1.165, 1.54) is 13.0 Å². The van der Waals surface area contributed by atoms with Crippen molar-refractivity contribution in [2.45, 2.75) is 26.9 Å². The molecule has 0 amide bonds. The fourth-order valence-electron chi connectivity index (χ4n) is 1.77. The smallest absolute Gasteiger partial charge is 0.344 e. The molecule has 1 aromatic carbocycles. The molecule has 0 saturated heterocycles. The molecule has 0 fully saturated rings. The number of ether oxygens (including phenoxy) is 1. The molecular weight excluding hydrogens is 284 g/mol. The Hall–Kier alpha value is -2.01. The van der Waals surface area contributed by atoms with Crippen molar-refractivity contribution in [2.75, 3.05) is 0 Å². The van der Waals surface area contributed by atoms with Crippen molar-refractivity contribution in [3.05, 3.63) is 38.7 Å². The van der Waals surface area contributed by atoms with Gasteiger partial charge in [0.15, 0.2) is 6.10 Å². The van der Waals surface area contributed by atoms with Gasteiger partial charge in [0.25, 0.3) is 0 Å². The van der Waals surface area contributed by atoms with Crippen LogP contribution in [0.25, 0.3) is 11.0 Å². The standard InChI is InChI=1S/C14H13ClO5/c1-6-7(2)14(18)20-11-5-12(10(15)4-9(6)11)19-8(3)13(16)17/h4-5,8H,1-3H3,(H,16,17)/t8-/m0/s1. The zero-order valence-electron chi connectivity index (χ0n) is 11.2. The molecule has 2 aromatic rings. The molecule has 0 radical (unpaired) electrons. The van der Waals surface area contributed by atoms with Crippen molar-refractivity contribution in [2.24, 2.45) is 0 Å². The first-order valence-electron chi connectivity index (χ1n) is 5.94. The number of carboxylic acids is 1. The van der Waals surface area contributed by atoms with E-state index in [4.69, 9.17) is 25.9 Å². The zero-order valence-corrected chi connectivity index (χ0v) is 11.9. The van der Waals surface area contributed by atoms with Gasteiger partial charge in [0.05, 0.1) is 5.02 Å². The van der Waals surface area contributed by atoms with Crippen LogP contribution in [0.2, 0.25) is 5.02 Å². The van der Waals surface area contributed by atoms with Crippen molar-refractivity contribution >= 4 is 28.5 Å². The van der Waals surface area contributed by atoms with Crippen LogP contribution in [0.1, 0.15) is 18.1 Å². The Morgan fingerprint density at radius 2 is 2.00 bits per heavy atom. The first-order valence-corrected chi connectivity index (χ1v) is 6.32. The summed E-state index contributed by atoms with van der Waals surface area (Å²) in [5.74, 6) is -0.942. The van der Waals surface area contributed by atoms with Gasteiger partial charge in [0, 0.05) is 17.0 Å². The Labute approximate surface area is 119 Å². The van der Waals surface area contributed by atoms with Gasteiger partial charge in [-0.3, -0.25) is 0 Å². The first kappa shape index (κ1) is 14.4. The van der Waals surface area contributed by atoms with E-state index in [1.54, 1.807) is 19.9 Å². The summed E-state index contributed by atoms with van der Waals surface area (Å²) in [7, 11) is 0. The highest BCUT2D eigenvalue weighted by molar-refractivity contribution is 6.32. The molecule has 20 heavy (non-hydrogen) atoms. The van der Waals surface area contributed by atoms with Crippen LogP contribution in [0.15, 0.2) is 21.3 Å². The molecule has 0 aliphatic rings. The third-order valence-electron chi connectivity index (χ3n) is 3.16. The zero-order chi connectivity index (χ0) is 15.0. The van der Waals surface area contributed by atoms with E-state index in [-0.39, 0.29) is 10.8 Å². The quantitative estimate of drug-likeness (QED) is 0.881. The number of aryl methyl sites for hydroxylation is 1. The molecule has 106 valence electrons. The Balaban J connectivity index is 2.60. The van der Waals surface area contributed by atoms with Gasteiger partial charge in [0.2, 0.25) is 0 Å². The van der Waals surface area contributed by atoms with Gasteiger partial charge in [0.1, 0.15) is 11.3 Å². The van der Waals surface area contributed by atoms with Crippen molar-refractivity contribution in [3.63, 3.8) is 0 Å². The number of aliphatic carboxylic acids is 1. The number of carboxylic acid groups (broad SMARTS) is 1. The van der Waals surface area contributed by atoms with Crippen LogP contribution in [-0.2, 0) is 4.79 Å². The molecule has 1 aromatic heterocycles. The number of halogens is 1. The van der Waals surface area contributed by atoms with Crippen molar-refractivity contribution in [1.82, 2.24) is 0 Å². The minimum Gasteiger partial charge on any atom is -0.479 e. The fourth-order valence-corrected chi connectivity index (χ4v) is 1.98. The molecule has 1 atom stereocenters. The maximum atomic E-state index is 11.6. The van der Waals surface area contributed by atoms with Gasteiger partial charge in [-0.15, -0.1) is 0 Å². The maximum absolute atomic E-state index is 11.6. The lowest BCUT2D eigenvalue weighted by Gasteiger charge is -2.13. The number of benzene rings is 1. The van der Waals surface area contributed by atoms with Crippen LogP contribution < -0.4 is 10.4 Å². The van der Waals surface area contributed by atoms with Gasteiger partial charge in [-0.05, 0) is 32.4 Å². The van der Waals surface area contributed by atoms with E-state index < -0.39 is 17.7 Å². The van der Waals surface area contributed by atoms with Crippen LogP contribution >= 0.6 is 11.6 Å². The molecule has 0 aliphatic heterocycles. The summed E-state index contributed by atoms with van der Waals surface area (Å²) < 4.78 is 10.4. The van der Waals surface area contributed by atoms with E-state index in [0.717, 1.165) is 5.56 Å². The summed E-state index contributed by atoms with van der Waals surface area (Å²) >= 11 is 6.08. The molecule has 0 unspecified atom stereocenters. The number of hydrogen-bond donors (Lipinski definition) is 1. The summed E-state index contributed by atoms with van der Waals surface area (Å²) in [6.45, 7) is 4.86. The molecule has 1 N–H and O–H groups in total. The number of rotatable bonds is 3. The predicted molar refractivity (Wildman–Crippen MR) is 74.7 cm³/mol. The highest BCUT2D eigenvalue weighted by atomic mass is 35.5. The van der Waals surface area contributed by atoms with E-state index in [9.17, 15) is 9.59 Å². The van der Waals surface area contributed by atoms with Crippen LogP contribution in [0.4, 0.5) is 0 Å². The normalized spacial score (nSPS) is 12.4. The molecule has 0 bridgehead atoms. The summed E-state index contributed by atoms with van der Waals surface area (Å²) in [6.07, 6.45) is -1.05. The monoisotopic (exact) mass is 296 g/mol. The lowest BCUT2D eigenvalue weighted by atomic mass is 10.1. The predicted octanol–water partition coefficient (Wildman–Crippen LogP) is 2.92. The van der Waals surface area contributed by atoms with Crippen LogP contribution in [-0.4, -0.2) is 17.2 Å². The van der Waals surface area contributed by atoms with Gasteiger partial charge < -0.3 is 14.3 Å². The topological polar surface area (TPSA) is 76.7 Å². The van der Waals surface area contributed by atoms with Gasteiger partial charge in [-0.1, -0.05) is 11.6 Å².